The predicted octanol–water partition coefficient (Wildman–Crippen LogP) is 3.86. The number of ether oxygens (including phenoxy) is 1. The molecule has 0 bridgehead atoms. The van der Waals surface area contributed by atoms with Gasteiger partial charge in [0.15, 0.2) is 0 Å². The Hall–Kier alpha value is -2.23. The van der Waals surface area contributed by atoms with Gasteiger partial charge in [-0.05, 0) is 38.1 Å². The number of hydrogen-bond acceptors (Lipinski definition) is 3. The van der Waals surface area contributed by atoms with E-state index in [-0.39, 0.29) is 5.82 Å². The Morgan fingerprint density at radius 1 is 1.26 bits per heavy atom. The van der Waals surface area contributed by atoms with Crippen molar-refractivity contribution in [1.29, 1.82) is 0 Å². The van der Waals surface area contributed by atoms with E-state index in [0.717, 1.165) is 11.4 Å². The smallest absolute Gasteiger partial charge is 0.144 e. The summed E-state index contributed by atoms with van der Waals surface area (Å²) in [5, 5.41) is 3.16. The number of benzene rings is 2. The first-order valence-corrected chi connectivity index (χ1v) is 6.16. The van der Waals surface area contributed by atoms with Gasteiger partial charge in [0.1, 0.15) is 11.6 Å². The summed E-state index contributed by atoms with van der Waals surface area (Å²) in [5.74, 6) is 0.395. The maximum absolute atomic E-state index is 13.5. The van der Waals surface area contributed by atoms with Crippen LogP contribution in [0.1, 0.15) is 12.5 Å². The van der Waals surface area contributed by atoms with Crippen LogP contribution < -0.4 is 15.8 Å². The molecule has 3 N–H and O–H groups in total. The van der Waals surface area contributed by atoms with Crippen LogP contribution in [0.5, 0.6) is 5.75 Å². The molecule has 4 heteroatoms. The predicted molar refractivity (Wildman–Crippen MR) is 76.4 cm³/mol. The highest BCUT2D eigenvalue weighted by atomic mass is 19.1. The van der Waals surface area contributed by atoms with Crippen LogP contribution in [-0.2, 0) is 0 Å². The monoisotopic (exact) mass is 260 g/mol. The van der Waals surface area contributed by atoms with E-state index >= 15 is 0 Å². The van der Waals surface area contributed by atoms with Crippen molar-refractivity contribution in [3.8, 4) is 5.75 Å². The SMILES string of the molecule is CCOc1cc(Nc2cccc(F)c2C)ccc1N. The van der Waals surface area contributed by atoms with Crippen molar-refractivity contribution in [2.24, 2.45) is 0 Å². The highest BCUT2D eigenvalue weighted by Crippen LogP contribution is 2.29. The second-order valence-electron chi connectivity index (χ2n) is 4.22. The van der Waals surface area contributed by atoms with Crippen LogP contribution in [0.4, 0.5) is 21.5 Å². The summed E-state index contributed by atoms with van der Waals surface area (Å²) in [6.07, 6.45) is 0. The molecule has 0 atom stereocenters. The van der Waals surface area contributed by atoms with Gasteiger partial charge in [0.2, 0.25) is 0 Å². The number of nitrogen functional groups attached to an aromatic ring is 1. The molecule has 0 radical (unpaired) electrons. The number of nitrogens with one attached hydrogen (secondary N) is 1. The lowest BCUT2D eigenvalue weighted by atomic mass is 10.1. The largest absolute Gasteiger partial charge is 0.492 e. The van der Waals surface area contributed by atoms with E-state index in [4.69, 9.17) is 10.5 Å². The van der Waals surface area contributed by atoms with Gasteiger partial charge in [0.25, 0.3) is 0 Å². The third-order valence-electron chi connectivity index (χ3n) is 2.86. The van der Waals surface area contributed by atoms with Gasteiger partial charge >= 0.3 is 0 Å². The van der Waals surface area contributed by atoms with Crippen molar-refractivity contribution < 1.29 is 9.13 Å². The lowest BCUT2D eigenvalue weighted by molar-refractivity contribution is 0.342. The van der Waals surface area contributed by atoms with Gasteiger partial charge in [-0.2, -0.15) is 0 Å². The fourth-order valence-electron chi connectivity index (χ4n) is 1.79. The van der Waals surface area contributed by atoms with Crippen molar-refractivity contribution in [3.05, 3.63) is 47.8 Å². The van der Waals surface area contributed by atoms with E-state index in [1.54, 1.807) is 19.1 Å². The van der Waals surface area contributed by atoms with E-state index in [2.05, 4.69) is 5.32 Å². The minimum atomic E-state index is -0.231. The van der Waals surface area contributed by atoms with Gasteiger partial charge in [-0.1, -0.05) is 6.07 Å². The van der Waals surface area contributed by atoms with Crippen molar-refractivity contribution in [2.45, 2.75) is 13.8 Å². The first-order valence-electron chi connectivity index (χ1n) is 6.16. The molecule has 2 aromatic rings. The van der Waals surface area contributed by atoms with Gasteiger partial charge in [0.05, 0.1) is 12.3 Å². The summed E-state index contributed by atoms with van der Waals surface area (Å²) >= 11 is 0. The zero-order valence-corrected chi connectivity index (χ0v) is 11.0. The highest BCUT2D eigenvalue weighted by Gasteiger charge is 2.06. The summed E-state index contributed by atoms with van der Waals surface area (Å²) in [6, 6.07) is 10.4. The molecule has 0 aliphatic rings. The van der Waals surface area contributed by atoms with Crippen LogP contribution in [0.3, 0.4) is 0 Å². The number of rotatable bonds is 4. The Bertz CT molecular complexity index is 584. The van der Waals surface area contributed by atoms with Crippen molar-refractivity contribution in [2.75, 3.05) is 17.7 Å². The molecule has 19 heavy (non-hydrogen) atoms. The Morgan fingerprint density at radius 3 is 2.79 bits per heavy atom. The molecule has 0 aliphatic heterocycles. The molecular formula is C15H17FN2O. The summed E-state index contributed by atoms with van der Waals surface area (Å²) < 4.78 is 18.9. The zero-order chi connectivity index (χ0) is 13.8. The van der Waals surface area contributed by atoms with Crippen LogP contribution in [0.25, 0.3) is 0 Å². The number of nitrogens with two attached hydrogens (primary N) is 1. The quantitative estimate of drug-likeness (QED) is 0.821. The molecule has 0 saturated carbocycles. The first kappa shape index (κ1) is 13.2. The number of anilines is 3. The molecule has 0 fully saturated rings. The van der Waals surface area contributed by atoms with E-state index in [0.29, 0.717) is 23.6 Å². The Balaban J connectivity index is 2.28. The van der Waals surface area contributed by atoms with Gasteiger partial charge in [0, 0.05) is 23.0 Å². The Labute approximate surface area is 112 Å². The highest BCUT2D eigenvalue weighted by molar-refractivity contribution is 5.68. The second kappa shape index (κ2) is 5.61. The Morgan fingerprint density at radius 2 is 2.05 bits per heavy atom. The molecular weight excluding hydrogens is 243 g/mol. The fourth-order valence-corrected chi connectivity index (χ4v) is 1.79. The van der Waals surface area contributed by atoms with E-state index < -0.39 is 0 Å². The topological polar surface area (TPSA) is 47.3 Å². The molecule has 0 amide bonds. The molecule has 2 aromatic carbocycles. The van der Waals surface area contributed by atoms with Gasteiger partial charge < -0.3 is 15.8 Å². The number of hydrogen-bond donors (Lipinski definition) is 2. The van der Waals surface area contributed by atoms with Crippen molar-refractivity contribution in [3.63, 3.8) is 0 Å². The fraction of sp³-hybridized carbons (Fsp3) is 0.200. The summed E-state index contributed by atoms with van der Waals surface area (Å²) in [4.78, 5) is 0. The molecule has 0 aromatic heterocycles. The average molecular weight is 260 g/mol. The standard InChI is InChI=1S/C15H17FN2O/c1-3-19-15-9-11(7-8-13(15)17)18-14-6-4-5-12(16)10(14)2/h4-9,18H,3,17H2,1-2H3. The second-order valence-corrected chi connectivity index (χ2v) is 4.22. The van der Waals surface area contributed by atoms with Crippen molar-refractivity contribution >= 4 is 17.1 Å². The maximum atomic E-state index is 13.5. The molecule has 0 saturated heterocycles. The third-order valence-corrected chi connectivity index (χ3v) is 2.86. The normalized spacial score (nSPS) is 10.3. The zero-order valence-electron chi connectivity index (χ0n) is 11.0. The minimum absolute atomic E-state index is 0.231. The van der Waals surface area contributed by atoms with Crippen LogP contribution in [0, 0.1) is 12.7 Å². The molecule has 0 heterocycles. The first-order chi connectivity index (χ1) is 9.11. The van der Waals surface area contributed by atoms with Gasteiger partial charge in [-0.25, -0.2) is 4.39 Å². The minimum Gasteiger partial charge on any atom is -0.492 e. The van der Waals surface area contributed by atoms with Gasteiger partial charge in [-0.3, -0.25) is 0 Å². The van der Waals surface area contributed by atoms with E-state index in [1.807, 2.05) is 25.1 Å². The van der Waals surface area contributed by atoms with Crippen LogP contribution >= 0.6 is 0 Å². The molecule has 0 spiro atoms. The van der Waals surface area contributed by atoms with Crippen LogP contribution in [0.2, 0.25) is 0 Å². The van der Waals surface area contributed by atoms with Crippen LogP contribution in [-0.4, -0.2) is 6.61 Å². The number of halogens is 1. The summed E-state index contributed by atoms with van der Waals surface area (Å²) in [6.45, 7) is 4.18. The molecule has 0 aliphatic carbocycles. The van der Waals surface area contributed by atoms with E-state index in [1.165, 1.54) is 6.07 Å². The molecule has 2 rings (SSSR count). The summed E-state index contributed by atoms with van der Waals surface area (Å²) in [7, 11) is 0. The maximum Gasteiger partial charge on any atom is 0.144 e. The molecule has 3 nitrogen and oxygen atoms in total. The van der Waals surface area contributed by atoms with E-state index in [9.17, 15) is 4.39 Å². The summed E-state index contributed by atoms with van der Waals surface area (Å²) in [5.41, 5.74) is 8.52. The van der Waals surface area contributed by atoms with Crippen LogP contribution in [0.15, 0.2) is 36.4 Å². The van der Waals surface area contributed by atoms with Crippen molar-refractivity contribution in [1.82, 2.24) is 0 Å². The third kappa shape index (κ3) is 2.96. The molecule has 0 unspecified atom stereocenters. The lowest BCUT2D eigenvalue weighted by Gasteiger charge is -2.13. The Kier molecular flexibility index (Phi) is 3.90. The molecule has 100 valence electrons. The average Bonchev–Trinajstić information content (AvgIpc) is 2.39. The van der Waals surface area contributed by atoms with Gasteiger partial charge in [-0.15, -0.1) is 0 Å². The lowest BCUT2D eigenvalue weighted by Crippen LogP contribution is -1.99.